The van der Waals surface area contributed by atoms with Gasteiger partial charge in [-0.15, -0.1) is 11.3 Å². The third-order valence-electron chi connectivity index (χ3n) is 6.70. The maximum atomic E-state index is 13.0. The van der Waals surface area contributed by atoms with Gasteiger partial charge in [0.25, 0.3) is 0 Å². The molecule has 26 heavy (non-hydrogen) atoms. The number of thiazole rings is 1. The molecule has 4 aliphatic rings. The molecule has 142 valence electrons. The number of amides is 2. The first kappa shape index (κ1) is 17.9. The molecule has 3 N–H and O–H groups in total. The number of carbonyl (C=O) groups is 2. The SMILES string of the molecule is CC[C@]12C[C@H]3C[C@@](O)(C1)C[C@@](C(=O)NCCC(=O)Nc1nccs1)(C3)C2. The highest BCUT2D eigenvalue weighted by Gasteiger charge is 2.64. The molecular weight excluding hydrogens is 350 g/mol. The van der Waals surface area contributed by atoms with Gasteiger partial charge >= 0.3 is 0 Å². The zero-order valence-corrected chi connectivity index (χ0v) is 16.0. The van der Waals surface area contributed by atoms with Crippen molar-refractivity contribution < 1.29 is 14.7 Å². The third-order valence-corrected chi connectivity index (χ3v) is 7.39. The van der Waals surface area contributed by atoms with Crippen LogP contribution in [0.15, 0.2) is 11.6 Å². The highest BCUT2D eigenvalue weighted by atomic mass is 32.1. The van der Waals surface area contributed by atoms with Crippen molar-refractivity contribution in [3.05, 3.63) is 11.6 Å². The summed E-state index contributed by atoms with van der Waals surface area (Å²) < 4.78 is 0. The Morgan fingerprint density at radius 2 is 2.15 bits per heavy atom. The first-order valence-corrected chi connectivity index (χ1v) is 10.4. The Bertz CT molecular complexity index is 709. The number of hydrogen-bond donors (Lipinski definition) is 3. The van der Waals surface area contributed by atoms with E-state index < -0.39 is 11.0 Å². The van der Waals surface area contributed by atoms with Crippen molar-refractivity contribution in [2.75, 3.05) is 11.9 Å². The summed E-state index contributed by atoms with van der Waals surface area (Å²) >= 11 is 1.37. The highest BCUT2D eigenvalue weighted by molar-refractivity contribution is 7.13. The minimum atomic E-state index is -0.672. The maximum absolute atomic E-state index is 13.0. The Labute approximate surface area is 157 Å². The van der Waals surface area contributed by atoms with Gasteiger partial charge < -0.3 is 15.7 Å². The molecule has 1 aromatic heterocycles. The maximum Gasteiger partial charge on any atom is 0.227 e. The van der Waals surface area contributed by atoms with Gasteiger partial charge in [0, 0.05) is 24.5 Å². The van der Waals surface area contributed by atoms with Gasteiger partial charge in [-0.1, -0.05) is 13.3 Å². The van der Waals surface area contributed by atoms with Gasteiger partial charge in [-0.3, -0.25) is 9.59 Å². The topological polar surface area (TPSA) is 91.3 Å². The van der Waals surface area contributed by atoms with E-state index in [0.29, 0.717) is 24.0 Å². The molecule has 1 aromatic rings. The van der Waals surface area contributed by atoms with E-state index >= 15 is 0 Å². The second-order valence-electron chi connectivity index (χ2n) is 8.76. The normalized spacial score (nSPS) is 37.5. The summed E-state index contributed by atoms with van der Waals surface area (Å²) in [5.74, 6) is 0.337. The van der Waals surface area contributed by atoms with Crippen LogP contribution in [0.3, 0.4) is 0 Å². The van der Waals surface area contributed by atoms with E-state index in [1.807, 2.05) is 0 Å². The van der Waals surface area contributed by atoms with Crippen LogP contribution >= 0.6 is 11.3 Å². The molecule has 0 aliphatic heterocycles. The highest BCUT2D eigenvalue weighted by Crippen LogP contribution is 2.67. The summed E-state index contributed by atoms with van der Waals surface area (Å²) in [7, 11) is 0. The first-order chi connectivity index (χ1) is 12.4. The molecule has 0 unspecified atom stereocenters. The van der Waals surface area contributed by atoms with Crippen LogP contribution in [0.4, 0.5) is 5.13 Å². The van der Waals surface area contributed by atoms with Crippen molar-refractivity contribution in [2.45, 2.75) is 63.9 Å². The Balaban J connectivity index is 1.36. The van der Waals surface area contributed by atoms with Gasteiger partial charge in [0.1, 0.15) is 0 Å². The Morgan fingerprint density at radius 1 is 1.31 bits per heavy atom. The fourth-order valence-electron chi connectivity index (χ4n) is 6.18. The van der Waals surface area contributed by atoms with Gasteiger partial charge in [0.05, 0.1) is 11.0 Å². The molecule has 0 spiro atoms. The number of nitrogens with zero attached hydrogens (tertiary/aromatic N) is 1. The molecule has 0 aromatic carbocycles. The molecular formula is C19H27N3O3S. The monoisotopic (exact) mass is 377 g/mol. The molecule has 7 heteroatoms. The summed E-state index contributed by atoms with van der Waals surface area (Å²) in [6.07, 6.45) is 8.08. The number of hydrogen-bond acceptors (Lipinski definition) is 5. The molecule has 4 saturated carbocycles. The van der Waals surface area contributed by atoms with Crippen molar-refractivity contribution >= 4 is 28.3 Å². The lowest BCUT2D eigenvalue weighted by molar-refractivity contribution is -0.204. The standard InChI is InChI=1S/C19H27N3O3S/c1-2-17-7-13-8-18(10-17,12-19(25,9-13)11-17)15(24)20-4-3-14(23)22-16-21-5-6-26-16/h5-6,13,25H,2-4,7-12H2,1H3,(H,20,24)(H,21,22,23)/t13-,17-,18-,19-/m1/s1. The quantitative estimate of drug-likeness (QED) is 0.711. The van der Waals surface area contributed by atoms with Crippen molar-refractivity contribution in [3.63, 3.8) is 0 Å². The van der Waals surface area contributed by atoms with Crippen LogP contribution in [-0.4, -0.2) is 34.1 Å². The van der Waals surface area contributed by atoms with E-state index in [9.17, 15) is 14.7 Å². The number of aliphatic hydroxyl groups is 1. The van der Waals surface area contributed by atoms with Crippen molar-refractivity contribution in [1.29, 1.82) is 0 Å². The fourth-order valence-corrected chi connectivity index (χ4v) is 6.72. The van der Waals surface area contributed by atoms with Crippen molar-refractivity contribution in [1.82, 2.24) is 10.3 Å². The van der Waals surface area contributed by atoms with E-state index in [2.05, 4.69) is 22.5 Å². The summed E-state index contributed by atoms with van der Waals surface area (Å²) in [4.78, 5) is 29.0. The van der Waals surface area contributed by atoms with E-state index in [-0.39, 0.29) is 23.7 Å². The van der Waals surface area contributed by atoms with Crippen LogP contribution < -0.4 is 10.6 Å². The van der Waals surface area contributed by atoms with Crippen LogP contribution in [0, 0.1) is 16.7 Å². The van der Waals surface area contributed by atoms with Gasteiger partial charge in [-0.25, -0.2) is 4.98 Å². The molecule has 4 fully saturated rings. The predicted molar refractivity (Wildman–Crippen MR) is 99.7 cm³/mol. The number of rotatable bonds is 6. The van der Waals surface area contributed by atoms with E-state index in [1.54, 1.807) is 11.6 Å². The van der Waals surface area contributed by atoms with Crippen molar-refractivity contribution in [3.8, 4) is 0 Å². The third kappa shape index (κ3) is 3.16. The smallest absolute Gasteiger partial charge is 0.227 e. The predicted octanol–water partition coefficient (Wildman–Crippen LogP) is 2.70. The zero-order valence-electron chi connectivity index (χ0n) is 15.2. The Kier molecular flexibility index (Phi) is 4.34. The number of carbonyl (C=O) groups excluding carboxylic acids is 2. The van der Waals surface area contributed by atoms with Crippen LogP contribution in [0.1, 0.15) is 58.3 Å². The molecule has 2 amide bonds. The van der Waals surface area contributed by atoms with Crippen molar-refractivity contribution in [2.24, 2.45) is 16.7 Å². The first-order valence-electron chi connectivity index (χ1n) is 9.56. The van der Waals surface area contributed by atoms with Gasteiger partial charge in [-0.2, -0.15) is 0 Å². The summed E-state index contributed by atoms with van der Waals surface area (Å²) in [6, 6.07) is 0. The number of anilines is 1. The zero-order chi connectivity index (χ0) is 18.4. The molecule has 1 heterocycles. The average Bonchev–Trinajstić information content (AvgIpc) is 3.05. The Morgan fingerprint density at radius 3 is 2.85 bits per heavy atom. The molecule has 4 aliphatic carbocycles. The summed E-state index contributed by atoms with van der Waals surface area (Å²) in [5, 5.41) is 19.1. The van der Waals surface area contributed by atoms with Crippen LogP contribution in [0.5, 0.6) is 0 Å². The number of nitrogens with one attached hydrogen (secondary N) is 2. The van der Waals surface area contributed by atoms with E-state index in [0.717, 1.165) is 38.5 Å². The minimum absolute atomic E-state index is 0.0277. The fraction of sp³-hybridized carbons (Fsp3) is 0.737. The molecule has 0 saturated heterocycles. The van der Waals surface area contributed by atoms with E-state index in [1.165, 1.54) is 11.3 Å². The molecule has 0 radical (unpaired) electrons. The van der Waals surface area contributed by atoms with Gasteiger partial charge in [0.15, 0.2) is 5.13 Å². The van der Waals surface area contributed by atoms with E-state index in [4.69, 9.17) is 0 Å². The summed E-state index contributed by atoms with van der Waals surface area (Å²) in [6.45, 7) is 2.51. The molecule has 4 atom stereocenters. The van der Waals surface area contributed by atoms with Gasteiger partial charge in [-0.05, 0) is 49.9 Å². The lowest BCUT2D eigenvalue weighted by Crippen LogP contribution is -2.63. The average molecular weight is 378 g/mol. The lowest BCUT2D eigenvalue weighted by Gasteiger charge is -2.64. The lowest BCUT2D eigenvalue weighted by atomic mass is 9.42. The molecule has 5 rings (SSSR count). The number of aromatic nitrogens is 1. The second kappa shape index (κ2) is 6.30. The van der Waals surface area contributed by atoms with Gasteiger partial charge in [0.2, 0.25) is 11.8 Å². The minimum Gasteiger partial charge on any atom is -0.390 e. The Hall–Kier alpha value is -1.47. The molecule has 6 nitrogen and oxygen atoms in total. The van der Waals surface area contributed by atoms with Crippen LogP contribution in [0.2, 0.25) is 0 Å². The summed E-state index contributed by atoms with van der Waals surface area (Å²) in [5.41, 5.74) is -1.00. The van der Waals surface area contributed by atoms with Crippen LogP contribution in [0.25, 0.3) is 0 Å². The van der Waals surface area contributed by atoms with Crippen LogP contribution in [-0.2, 0) is 9.59 Å². The largest absolute Gasteiger partial charge is 0.390 e. The second-order valence-corrected chi connectivity index (χ2v) is 9.65. The molecule has 4 bridgehead atoms.